The van der Waals surface area contributed by atoms with Crippen LogP contribution in [-0.4, -0.2) is 40.8 Å². The van der Waals surface area contributed by atoms with Crippen molar-refractivity contribution in [2.75, 3.05) is 22.8 Å². The predicted molar refractivity (Wildman–Crippen MR) is 110 cm³/mol. The maximum absolute atomic E-state index is 12.7. The Morgan fingerprint density at radius 3 is 2.39 bits per heavy atom. The molecule has 0 aromatic heterocycles. The average molecular weight is 425 g/mol. The van der Waals surface area contributed by atoms with Gasteiger partial charge in [0.1, 0.15) is 0 Å². The molecule has 0 fully saturated rings. The van der Waals surface area contributed by atoms with Gasteiger partial charge in [-0.25, -0.2) is 16.8 Å². The second-order valence-corrected chi connectivity index (χ2v) is 10.6. The lowest BCUT2D eigenvalue weighted by molar-refractivity contribution is 0.0956. The molecule has 0 aliphatic heterocycles. The minimum Gasteiger partial charge on any atom is -0.351 e. The lowest BCUT2D eigenvalue weighted by atomic mass is 10.2. The number of benzene rings is 2. The first kappa shape index (κ1) is 21.9. The largest absolute Gasteiger partial charge is 0.351 e. The number of rotatable bonds is 8. The number of sulfonamides is 1. The van der Waals surface area contributed by atoms with Crippen molar-refractivity contribution in [3.05, 3.63) is 59.2 Å². The lowest BCUT2D eigenvalue weighted by Crippen LogP contribution is -2.29. The van der Waals surface area contributed by atoms with E-state index in [-0.39, 0.29) is 34.2 Å². The van der Waals surface area contributed by atoms with Crippen LogP contribution in [0.3, 0.4) is 0 Å². The Morgan fingerprint density at radius 2 is 1.71 bits per heavy atom. The highest BCUT2D eigenvalue weighted by Crippen LogP contribution is 2.21. The summed E-state index contributed by atoms with van der Waals surface area (Å²) >= 11 is 0. The summed E-state index contributed by atoms with van der Waals surface area (Å²) in [4.78, 5) is 12.4. The number of sulfone groups is 1. The normalized spacial score (nSPS) is 11.8. The van der Waals surface area contributed by atoms with E-state index in [1.165, 1.54) is 12.1 Å². The number of carbonyl (C=O) groups excluding carboxylic acids is 1. The predicted octanol–water partition coefficient (Wildman–Crippen LogP) is 2.27. The van der Waals surface area contributed by atoms with E-state index in [9.17, 15) is 21.6 Å². The molecule has 0 saturated carbocycles. The van der Waals surface area contributed by atoms with E-state index in [4.69, 9.17) is 0 Å². The number of amides is 1. The third-order valence-electron chi connectivity index (χ3n) is 4.15. The van der Waals surface area contributed by atoms with Crippen LogP contribution >= 0.6 is 0 Å². The van der Waals surface area contributed by atoms with E-state index in [1.54, 1.807) is 38.1 Å². The van der Waals surface area contributed by atoms with Crippen molar-refractivity contribution in [1.82, 2.24) is 5.32 Å². The summed E-state index contributed by atoms with van der Waals surface area (Å²) in [6, 6.07) is 11.2. The zero-order valence-corrected chi connectivity index (χ0v) is 17.7. The van der Waals surface area contributed by atoms with Gasteiger partial charge in [-0.1, -0.05) is 25.1 Å². The number of hydrogen-bond donors (Lipinski definition) is 2. The molecule has 2 N–H and O–H groups in total. The summed E-state index contributed by atoms with van der Waals surface area (Å²) in [6.07, 6.45) is 0. The maximum atomic E-state index is 12.7. The highest BCUT2D eigenvalue weighted by molar-refractivity contribution is 7.92. The molecule has 2 aromatic carbocycles. The molecule has 0 heterocycles. The van der Waals surface area contributed by atoms with Crippen LogP contribution in [0.5, 0.6) is 0 Å². The number of anilines is 1. The standard InChI is InChI=1S/C19H24N2O5S2/c1-4-27(23,24)11-10-20-19(22)16-6-5-7-17(13-16)21-28(25,26)18-12-14(2)8-9-15(18)3/h5-9,12-13,21H,4,10-11H2,1-3H3,(H,20,22). The number of nitrogens with one attached hydrogen (secondary N) is 2. The van der Waals surface area contributed by atoms with Gasteiger partial charge in [-0.2, -0.15) is 0 Å². The summed E-state index contributed by atoms with van der Waals surface area (Å²) in [5, 5.41) is 2.53. The van der Waals surface area contributed by atoms with Crippen LogP contribution in [0.2, 0.25) is 0 Å². The van der Waals surface area contributed by atoms with Crippen LogP contribution in [-0.2, 0) is 19.9 Å². The van der Waals surface area contributed by atoms with Gasteiger partial charge in [0.25, 0.3) is 15.9 Å². The van der Waals surface area contributed by atoms with Crippen LogP contribution in [0.25, 0.3) is 0 Å². The summed E-state index contributed by atoms with van der Waals surface area (Å²) < 4.78 is 50.8. The van der Waals surface area contributed by atoms with Gasteiger partial charge in [-0.15, -0.1) is 0 Å². The van der Waals surface area contributed by atoms with Gasteiger partial charge >= 0.3 is 0 Å². The van der Waals surface area contributed by atoms with Gasteiger partial charge < -0.3 is 5.32 Å². The quantitative estimate of drug-likeness (QED) is 0.676. The minimum atomic E-state index is -3.81. The zero-order chi connectivity index (χ0) is 20.9. The van der Waals surface area contributed by atoms with Gasteiger partial charge in [-0.3, -0.25) is 9.52 Å². The van der Waals surface area contributed by atoms with Gasteiger partial charge in [0.15, 0.2) is 9.84 Å². The topological polar surface area (TPSA) is 109 Å². The van der Waals surface area contributed by atoms with E-state index in [0.29, 0.717) is 5.56 Å². The Balaban J connectivity index is 2.14. The van der Waals surface area contributed by atoms with E-state index in [1.807, 2.05) is 13.0 Å². The summed E-state index contributed by atoms with van der Waals surface area (Å²) in [7, 11) is -6.98. The first-order chi connectivity index (χ1) is 13.0. The van der Waals surface area contributed by atoms with E-state index in [2.05, 4.69) is 10.0 Å². The van der Waals surface area contributed by atoms with Gasteiger partial charge in [0, 0.05) is 23.5 Å². The van der Waals surface area contributed by atoms with Crippen LogP contribution in [0.1, 0.15) is 28.4 Å². The first-order valence-electron chi connectivity index (χ1n) is 8.73. The Bertz CT molecular complexity index is 1080. The van der Waals surface area contributed by atoms with Crippen molar-refractivity contribution in [2.45, 2.75) is 25.7 Å². The molecule has 28 heavy (non-hydrogen) atoms. The highest BCUT2D eigenvalue weighted by atomic mass is 32.2. The van der Waals surface area contributed by atoms with Crippen molar-refractivity contribution in [2.24, 2.45) is 0 Å². The summed E-state index contributed by atoms with van der Waals surface area (Å²) in [6.45, 7) is 5.06. The van der Waals surface area contributed by atoms with Crippen LogP contribution in [0.15, 0.2) is 47.4 Å². The van der Waals surface area contributed by atoms with Crippen molar-refractivity contribution < 1.29 is 21.6 Å². The number of aryl methyl sites for hydroxylation is 2. The summed E-state index contributed by atoms with van der Waals surface area (Å²) in [5.74, 6) is -0.605. The molecule has 0 radical (unpaired) electrons. The van der Waals surface area contributed by atoms with Gasteiger partial charge in [0.05, 0.1) is 10.6 Å². The van der Waals surface area contributed by atoms with E-state index >= 15 is 0 Å². The zero-order valence-electron chi connectivity index (χ0n) is 16.0. The first-order valence-corrected chi connectivity index (χ1v) is 12.0. The summed E-state index contributed by atoms with van der Waals surface area (Å²) in [5.41, 5.74) is 1.91. The molecule has 0 aliphatic rings. The van der Waals surface area contributed by atoms with Crippen molar-refractivity contribution in [1.29, 1.82) is 0 Å². The molecular weight excluding hydrogens is 400 g/mol. The molecule has 2 aromatic rings. The Morgan fingerprint density at radius 1 is 1.00 bits per heavy atom. The van der Waals surface area contributed by atoms with E-state index in [0.717, 1.165) is 5.56 Å². The third kappa shape index (κ3) is 5.80. The molecule has 0 saturated heterocycles. The molecule has 1 amide bonds. The monoisotopic (exact) mass is 424 g/mol. The Labute approximate surface area is 166 Å². The smallest absolute Gasteiger partial charge is 0.262 e. The number of carbonyl (C=O) groups is 1. The van der Waals surface area contributed by atoms with E-state index < -0.39 is 25.8 Å². The lowest BCUT2D eigenvalue weighted by Gasteiger charge is -2.12. The second kappa shape index (κ2) is 8.74. The van der Waals surface area contributed by atoms with Crippen LogP contribution in [0, 0.1) is 13.8 Å². The SMILES string of the molecule is CCS(=O)(=O)CCNC(=O)c1cccc(NS(=O)(=O)c2cc(C)ccc2C)c1. The molecule has 0 atom stereocenters. The Hall–Kier alpha value is -2.39. The third-order valence-corrected chi connectivity index (χ3v) is 7.38. The van der Waals surface area contributed by atoms with Gasteiger partial charge in [-0.05, 0) is 49.2 Å². The highest BCUT2D eigenvalue weighted by Gasteiger charge is 2.18. The van der Waals surface area contributed by atoms with Crippen molar-refractivity contribution in [3.8, 4) is 0 Å². The molecule has 0 unspecified atom stereocenters. The maximum Gasteiger partial charge on any atom is 0.262 e. The molecule has 9 heteroatoms. The molecule has 2 rings (SSSR count). The number of hydrogen-bond acceptors (Lipinski definition) is 5. The fourth-order valence-electron chi connectivity index (χ4n) is 2.50. The van der Waals surface area contributed by atoms with Crippen molar-refractivity contribution in [3.63, 3.8) is 0 Å². The molecular formula is C19H24N2O5S2. The van der Waals surface area contributed by atoms with Crippen LogP contribution in [0.4, 0.5) is 5.69 Å². The minimum absolute atomic E-state index is 0.00650. The fourth-order valence-corrected chi connectivity index (χ4v) is 4.58. The molecule has 152 valence electrons. The fraction of sp³-hybridized carbons (Fsp3) is 0.316. The molecule has 0 aliphatic carbocycles. The van der Waals surface area contributed by atoms with Crippen molar-refractivity contribution >= 4 is 31.5 Å². The molecule has 7 nitrogen and oxygen atoms in total. The molecule has 0 bridgehead atoms. The average Bonchev–Trinajstić information content (AvgIpc) is 2.63. The second-order valence-electron chi connectivity index (χ2n) is 6.45. The van der Waals surface area contributed by atoms with Crippen LogP contribution < -0.4 is 10.0 Å². The Kier molecular flexibility index (Phi) is 6.84. The van der Waals surface area contributed by atoms with Gasteiger partial charge in [0.2, 0.25) is 0 Å². The molecule has 0 spiro atoms.